The van der Waals surface area contributed by atoms with Crippen LogP contribution in [0.4, 0.5) is 29.3 Å². The monoisotopic (exact) mass is 479 g/mol. The Kier molecular flexibility index (Phi) is 7.53. The molecule has 1 amide bonds. The third-order valence-corrected chi connectivity index (χ3v) is 5.59. The van der Waals surface area contributed by atoms with Crippen LogP contribution in [0.25, 0.3) is 0 Å². The first-order valence-corrected chi connectivity index (χ1v) is 11.3. The molecule has 2 N–H and O–H groups in total. The van der Waals surface area contributed by atoms with Crippen LogP contribution >= 0.6 is 0 Å². The quantitative estimate of drug-likeness (QED) is 0.492. The van der Waals surface area contributed by atoms with Crippen LogP contribution < -0.4 is 15.4 Å². The number of carbonyl (C=O) groups excluding carboxylic acids is 1. The van der Waals surface area contributed by atoms with E-state index in [1.54, 1.807) is 63.1 Å². The highest BCUT2D eigenvalue weighted by Gasteiger charge is 2.42. The first kappa shape index (κ1) is 25.5. The van der Waals surface area contributed by atoms with Gasteiger partial charge >= 0.3 is 12.3 Å². The summed E-state index contributed by atoms with van der Waals surface area (Å²) in [6, 6.07) is 10.8. The van der Waals surface area contributed by atoms with Gasteiger partial charge < -0.3 is 25.0 Å². The van der Waals surface area contributed by atoms with E-state index in [0.29, 0.717) is 31.7 Å². The van der Waals surface area contributed by atoms with Crippen molar-refractivity contribution in [2.75, 3.05) is 30.8 Å². The Hall–Kier alpha value is -3.10. The fraction of sp³-hybridized carbons (Fsp3) is 0.480. The molecule has 34 heavy (non-hydrogen) atoms. The van der Waals surface area contributed by atoms with Gasteiger partial charge in [0.2, 0.25) is 0 Å². The average molecular weight is 480 g/mol. The van der Waals surface area contributed by atoms with Crippen molar-refractivity contribution < 1.29 is 27.4 Å². The molecule has 9 heteroatoms. The van der Waals surface area contributed by atoms with Crippen LogP contribution in [0.15, 0.2) is 42.5 Å². The molecule has 0 unspecified atom stereocenters. The van der Waals surface area contributed by atoms with Gasteiger partial charge in [-0.1, -0.05) is 18.2 Å². The zero-order valence-electron chi connectivity index (χ0n) is 20.0. The Bertz CT molecular complexity index is 991. The molecule has 2 aromatic carbocycles. The average Bonchev–Trinajstić information content (AvgIpc) is 3.20. The van der Waals surface area contributed by atoms with Crippen LogP contribution in [0.5, 0.6) is 11.5 Å². The third kappa shape index (κ3) is 6.27. The highest BCUT2D eigenvalue weighted by atomic mass is 19.4. The van der Waals surface area contributed by atoms with E-state index in [2.05, 4.69) is 0 Å². The summed E-state index contributed by atoms with van der Waals surface area (Å²) in [6.07, 6.45) is -3.24. The Morgan fingerprint density at radius 3 is 2.44 bits per heavy atom. The summed E-state index contributed by atoms with van der Waals surface area (Å²) in [5.74, 6) is 0.0140. The van der Waals surface area contributed by atoms with Gasteiger partial charge in [0.25, 0.3) is 0 Å². The van der Waals surface area contributed by atoms with E-state index < -0.39 is 23.4 Å². The van der Waals surface area contributed by atoms with Crippen LogP contribution in [-0.4, -0.2) is 42.8 Å². The number of nitrogen functional groups attached to an aromatic ring is 1. The molecule has 0 aromatic heterocycles. The summed E-state index contributed by atoms with van der Waals surface area (Å²) in [5, 5.41) is 0. The topological polar surface area (TPSA) is 68.0 Å². The van der Waals surface area contributed by atoms with Gasteiger partial charge in [-0.3, -0.25) is 0 Å². The Balaban J connectivity index is 1.87. The van der Waals surface area contributed by atoms with Gasteiger partial charge in [0, 0.05) is 26.2 Å². The van der Waals surface area contributed by atoms with Gasteiger partial charge in [0.1, 0.15) is 22.7 Å². The minimum Gasteiger partial charge on any atom is -0.457 e. The van der Waals surface area contributed by atoms with Crippen LogP contribution in [0.2, 0.25) is 0 Å². The van der Waals surface area contributed by atoms with Gasteiger partial charge in [-0.25, -0.2) is 4.79 Å². The van der Waals surface area contributed by atoms with E-state index >= 15 is 0 Å². The molecule has 1 heterocycles. The predicted octanol–water partition coefficient (Wildman–Crippen LogP) is 6.31. The van der Waals surface area contributed by atoms with Crippen molar-refractivity contribution in [3.63, 3.8) is 0 Å². The number of rotatable bonds is 6. The van der Waals surface area contributed by atoms with Gasteiger partial charge in [-0.2, -0.15) is 13.2 Å². The second-order valence-electron chi connectivity index (χ2n) is 9.47. The van der Waals surface area contributed by atoms with Gasteiger partial charge in [-0.15, -0.1) is 0 Å². The molecule has 1 atom stereocenters. The van der Waals surface area contributed by atoms with Gasteiger partial charge in [0.15, 0.2) is 0 Å². The molecule has 1 fully saturated rings. The normalized spacial score (nSPS) is 16.4. The lowest BCUT2D eigenvalue weighted by molar-refractivity contribution is -0.138. The minimum absolute atomic E-state index is 0.0418. The zero-order chi connectivity index (χ0) is 25.1. The number of nitrogens with zero attached hydrogens (tertiary/aromatic N) is 2. The summed E-state index contributed by atoms with van der Waals surface area (Å²) in [5.41, 5.74) is 4.58. The first-order chi connectivity index (χ1) is 15.9. The van der Waals surface area contributed by atoms with E-state index in [1.807, 2.05) is 0 Å². The number of ether oxygens (including phenoxy) is 2. The van der Waals surface area contributed by atoms with Crippen molar-refractivity contribution in [3.8, 4) is 11.5 Å². The number of alkyl halides is 3. The van der Waals surface area contributed by atoms with Crippen molar-refractivity contribution in [1.82, 2.24) is 4.90 Å². The van der Waals surface area contributed by atoms with Crippen molar-refractivity contribution in [1.29, 1.82) is 0 Å². The number of carbonyl (C=O) groups is 1. The molecular weight excluding hydrogens is 447 g/mol. The Morgan fingerprint density at radius 2 is 1.82 bits per heavy atom. The van der Waals surface area contributed by atoms with Crippen LogP contribution in [0.1, 0.15) is 45.6 Å². The van der Waals surface area contributed by atoms with Crippen LogP contribution in [-0.2, 0) is 10.9 Å². The number of hydrogen-bond acceptors (Lipinski definition) is 5. The molecule has 0 aliphatic carbocycles. The minimum atomic E-state index is -4.67. The SMILES string of the molecule is CN(CC[C@H]1CCCN1c1c(N)ccc(Oc2ccccc2)c1C(F)(F)F)C(=O)OC(C)(C)C. The predicted molar refractivity (Wildman–Crippen MR) is 126 cm³/mol. The number of benzene rings is 2. The molecule has 6 nitrogen and oxygen atoms in total. The molecule has 1 saturated heterocycles. The smallest absolute Gasteiger partial charge is 0.422 e. The first-order valence-electron chi connectivity index (χ1n) is 11.3. The maximum atomic E-state index is 14.3. The highest BCUT2D eigenvalue weighted by molar-refractivity contribution is 5.76. The van der Waals surface area contributed by atoms with E-state index in [-0.39, 0.29) is 23.2 Å². The second kappa shape index (κ2) is 10.0. The van der Waals surface area contributed by atoms with E-state index in [1.165, 1.54) is 17.0 Å². The van der Waals surface area contributed by atoms with Crippen molar-refractivity contribution in [2.45, 2.75) is 57.9 Å². The third-order valence-electron chi connectivity index (χ3n) is 5.59. The zero-order valence-corrected chi connectivity index (χ0v) is 20.0. The molecule has 0 bridgehead atoms. The van der Waals surface area contributed by atoms with E-state index in [9.17, 15) is 18.0 Å². The number of anilines is 2. The molecule has 0 radical (unpaired) electrons. The molecular formula is C25H32F3N3O3. The van der Waals surface area contributed by atoms with E-state index in [0.717, 1.165) is 6.42 Å². The molecule has 0 saturated carbocycles. The van der Waals surface area contributed by atoms with Crippen molar-refractivity contribution in [3.05, 3.63) is 48.0 Å². The van der Waals surface area contributed by atoms with Crippen LogP contribution in [0.3, 0.4) is 0 Å². The summed E-state index contributed by atoms with van der Waals surface area (Å²) < 4.78 is 54.0. The Morgan fingerprint density at radius 1 is 1.15 bits per heavy atom. The standard InChI is InChI=1S/C25H32F3N3O3/c1-24(2,3)34-23(32)30(4)16-14-17-9-8-15-31(17)22-19(29)12-13-20(21(22)25(26,27)28)33-18-10-6-5-7-11-18/h5-7,10-13,17H,8-9,14-16,29H2,1-4H3/t17-/m1/s1. The lowest BCUT2D eigenvalue weighted by Crippen LogP contribution is -2.38. The molecule has 1 aliphatic rings. The highest BCUT2D eigenvalue weighted by Crippen LogP contribution is 2.48. The fourth-order valence-corrected chi connectivity index (χ4v) is 4.08. The number of amides is 1. The van der Waals surface area contributed by atoms with Gasteiger partial charge in [-0.05, 0) is 64.3 Å². The maximum Gasteiger partial charge on any atom is 0.422 e. The number of para-hydroxylation sites is 1. The van der Waals surface area contributed by atoms with Crippen LogP contribution in [0, 0.1) is 0 Å². The molecule has 3 rings (SSSR count). The summed E-state index contributed by atoms with van der Waals surface area (Å²) in [4.78, 5) is 15.4. The number of hydrogen-bond donors (Lipinski definition) is 1. The summed E-state index contributed by atoms with van der Waals surface area (Å²) in [7, 11) is 1.62. The largest absolute Gasteiger partial charge is 0.457 e. The lowest BCUT2D eigenvalue weighted by Gasteiger charge is -2.32. The molecule has 0 spiro atoms. The molecule has 186 valence electrons. The number of halogens is 3. The van der Waals surface area contributed by atoms with Crippen molar-refractivity contribution >= 4 is 17.5 Å². The van der Waals surface area contributed by atoms with Crippen molar-refractivity contribution in [2.24, 2.45) is 0 Å². The maximum absolute atomic E-state index is 14.3. The lowest BCUT2D eigenvalue weighted by atomic mass is 10.1. The second-order valence-corrected chi connectivity index (χ2v) is 9.47. The van der Waals surface area contributed by atoms with Gasteiger partial charge in [0.05, 0.1) is 11.4 Å². The summed E-state index contributed by atoms with van der Waals surface area (Å²) >= 11 is 0. The Labute approximate surface area is 198 Å². The fourth-order valence-electron chi connectivity index (χ4n) is 4.08. The summed E-state index contributed by atoms with van der Waals surface area (Å²) in [6.45, 7) is 6.12. The molecule has 1 aliphatic heterocycles. The number of nitrogens with two attached hydrogens (primary N) is 1. The molecule has 2 aromatic rings. The van der Waals surface area contributed by atoms with E-state index in [4.69, 9.17) is 15.2 Å².